The first kappa shape index (κ1) is 19.1. The lowest BCUT2D eigenvalue weighted by Gasteiger charge is -2.36. The van der Waals surface area contributed by atoms with Crippen LogP contribution < -0.4 is 9.80 Å². The second-order valence-corrected chi connectivity index (χ2v) is 8.64. The zero-order valence-corrected chi connectivity index (χ0v) is 17.9. The first-order chi connectivity index (χ1) is 13.5. The number of aromatic nitrogens is 4. The predicted octanol–water partition coefficient (Wildman–Crippen LogP) is 3.82. The van der Waals surface area contributed by atoms with Gasteiger partial charge in [0.25, 0.3) is 0 Å². The summed E-state index contributed by atoms with van der Waals surface area (Å²) in [6, 6.07) is 8.01. The van der Waals surface area contributed by atoms with Crippen LogP contribution in [-0.4, -0.2) is 46.3 Å². The summed E-state index contributed by atoms with van der Waals surface area (Å²) < 4.78 is 0. The van der Waals surface area contributed by atoms with Crippen LogP contribution in [0.4, 0.5) is 10.9 Å². The van der Waals surface area contributed by atoms with Crippen LogP contribution in [0.3, 0.4) is 0 Å². The summed E-state index contributed by atoms with van der Waals surface area (Å²) in [6.45, 7) is 9.66. The van der Waals surface area contributed by atoms with Gasteiger partial charge in [0.15, 0.2) is 0 Å². The minimum absolute atomic E-state index is 0.754. The van der Waals surface area contributed by atoms with E-state index in [1.165, 1.54) is 11.1 Å². The molecule has 0 bridgehead atoms. The van der Waals surface area contributed by atoms with Crippen molar-refractivity contribution in [3.63, 3.8) is 0 Å². The lowest BCUT2D eigenvalue weighted by molar-refractivity contribution is 0.638. The molecule has 146 valence electrons. The van der Waals surface area contributed by atoms with Gasteiger partial charge in [-0.3, -0.25) is 0 Å². The van der Waals surface area contributed by atoms with Crippen molar-refractivity contribution >= 4 is 33.9 Å². The summed E-state index contributed by atoms with van der Waals surface area (Å²) in [7, 11) is 0. The lowest BCUT2D eigenvalue weighted by Crippen LogP contribution is -2.47. The topological polar surface area (TPSA) is 58.0 Å². The van der Waals surface area contributed by atoms with Gasteiger partial charge in [-0.25, -0.2) is 9.97 Å². The molecule has 0 N–H and O–H groups in total. The zero-order chi connectivity index (χ0) is 19.7. The Hall–Kier alpha value is -2.25. The van der Waals surface area contributed by atoms with Crippen LogP contribution in [-0.2, 0) is 6.42 Å². The fraction of sp³-hybridized carbons (Fsp3) is 0.400. The third-order valence-electron chi connectivity index (χ3n) is 4.96. The maximum atomic E-state index is 6.04. The number of piperazine rings is 1. The Labute approximate surface area is 174 Å². The summed E-state index contributed by atoms with van der Waals surface area (Å²) in [4.78, 5) is 14.1. The van der Waals surface area contributed by atoms with Crippen LogP contribution in [0.2, 0.25) is 5.02 Å². The molecule has 0 spiro atoms. The molecule has 0 unspecified atom stereocenters. The van der Waals surface area contributed by atoms with Crippen molar-refractivity contribution in [1.82, 2.24) is 20.2 Å². The van der Waals surface area contributed by atoms with E-state index >= 15 is 0 Å². The average molecular weight is 415 g/mol. The van der Waals surface area contributed by atoms with E-state index in [4.69, 9.17) is 16.6 Å². The quantitative estimate of drug-likeness (QED) is 0.646. The molecule has 1 aliphatic heterocycles. The highest BCUT2D eigenvalue weighted by Crippen LogP contribution is 2.27. The number of rotatable bonds is 4. The summed E-state index contributed by atoms with van der Waals surface area (Å²) in [5.74, 6) is 1.86. The highest BCUT2D eigenvalue weighted by atomic mass is 35.5. The van der Waals surface area contributed by atoms with E-state index in [0.29, 0.717) is 0 Å². The summed E-state index contributed by atoms with van der Waals surface area (Å²) >= 11 is 7.69. The van der Waals surface area contributed by atoms with E-state index in [2.05, 4.69) is 44.0 Å². The molecule has 1 fully saturated rings. The summed E-state index contributed by atoms with van der Waals surface area (Å²) in [5.41, 5.74) is 3.44. The number of anilines is 2. The van der Waals surface area contributed by atoms with Crippen molar-refractivity contribution in [1.29, 1.82) is 0 Å². The molecule has 4 rings (SSSR count). The number of benzene rings is 1. The molecule has 6 nitrogen and oxygen atoms in total. The van der Waals surface area contributed by atoms with Gasteiger partial charge < -0.3 is 9.80 Å². The van der Waals surface area contributed by atoms with E-state index in [-0.39, 0.29) is 0 Å². The molecule has 0 amide bonds. The largest absolute Gasteiger partial charge is 0.353 e. The highest BCUT2D eigenvalue weighted by Gasteiger charge is 2.24. The molecule has 0 atom stereocenters. The molecular weight excluding hydrogens is 392 g/mol. The van der Waals surface area contributed by atoms with E-state index in [1.807, 2.05) is 26.0 Å². The number of hydrogen-bond donors (Lipinski definition) is 0. The van der Waals surface area contributed by atoms with Crippen LogP contribution in [0.5, 0.6) is 0 Å². The minimum Gasteiger partial charge on any atom is -0.353 e. The Balaban J connectivity index is 1.56. The second kappa shape index (κ2) is 8.01. The van der Waals surface area contributed by atoms with Gasteiger partial charge in [0, 0.05) is 48.9 Å². The third kappa shape index (κ3) is 4.10. The molecule has 3 heterocycles. The van der Waals surface area contributed by atoms with Crippen molar-refractivity contribution in [2.24, 2.45) is 0 Å². The number of nitrogens with zero attached hydrogens (tertiary/aromatic N) is 6. The van der Waals surface area contributed by atoms with E-state index < -0.39 is 0 Å². The predicted molar refractivity (Wildman–Crippen MR) is 115 cm³/mol. The fourth-order valence-electron chi connectivity index (χ4n) is 3.52. The molecule has 28 heavy (non-hydrogen) atoms. The molecule has 1 saturated heterocycles. The van der Waals surface area contributed by atoms with Crippen LogP contribution in [0.15, 0.2) is 24.3 Å². The Bertz CT molecular complexity index is 963. The molecule has 0 aliphatic carbocycles. The van der Waals surface area contributed by atoms with Gasteiger partial charge in [0.1, 0.15) is 16.6 Å². The molecular formula is C20H23ClN6S. The van der Waals surface area contributed by atoms with Crippen LogP contribution in [0.1, 0.15) is 27.7 Å². The Morgan fingerprint density at radius 2 is 1.61 bits per heavy atom. The summed E-state index contributed by atoms with van der Waals surface area (Å²) in [6.07, 6.45) is 0.800. The van der Waals surface area contributed by atoms with Crippen molar-refractivity contribution in [2.75, 3.05) is 36.0 Å². The zero-order valence-electron chi connectivity index (χ0n) is 16.3. The van der Waals surface area contributed by atoms with E-state index in [9.17, 15) is 0 Å². The first-order valence-corrected chi connectivity index (χ1v) is 10.6. The molecule has 0 saturated carbocycles. The monoisotopic (exact) mass is 414 g/mol. The number of aryl methyl sites for hydroxylation is 3. The molecule has 8 heteroatoms. The summed E-state index contributed by atoms with van der Waals surface area (Å²) in [5, 5.41) is 11.2. The van der Waals surface area contributed by atoms with Gasteiger partial charge in [0.2, 0.25) is 5.13 Å². The van der Waals surface area contributed by atoms with Gasteiger partial charge in [-0.15, -0.1) is 10.2 Å². The highest BCUT2D eigenvalue weighted by molar-refractivity contribution is 7.15. The molecule has 3 aromatic rings. The Kier molecular flexibility index (Phi) is 5.46. The maximum absolute atomic E-state index is 6.04. The second-order valence-electron chi connectivity index (χ2n) is 7.04. The van der Waals surface area contributed by atoms with Crippen molar-refractivity contribution in [3.05, 3.63) is 56.9 Å². The van der Waals surface area contributed by atoms with Gasteiger partial charge in [-0.1, -0.05) is 35.1 Å². The van der Waals surface area contributed by atoms with Crippen molar-refractivity contribution < 1.29 is 0 Å². The lowest BCUT2D eigenvalue weighted by atomic mass is 10.0. The van der Waals surface area contributed by atoms with Gasteiger partial charge in [0.05, 0.1) is 0 Å². The Morgan fingerprint density at radius 3 is 2.25 bits per heavy atom. The normalized spacial score (nSPS) is 14.6. The van der Waals surface area contributed by atoms with Crippen LogP contribution in [0.25, 0.3) is 0 Å². The van der Waals surface area contributed by atoms with E-state index in [1.54, 1.807) is 11.3 Å². The molecule has 0 radical (unpaired) electrons. The molecule has 1 aliphatic rings. The standard InChI is InChI=1S/C20H23ClN6S/c1-13-18(12-16-4-6-17(21)7-5-16)19(23-14(2)22-13)26-8-10-27(11-9-26)20-25-24-15(3)28-20/h4-7H,8-12H2,1-3H3. The average Bonchev–Trinajstić information content (AvgIpc) is 3.12. The number of hydrogen-bond acceptors (Lipinski definition) is 7. The maximum Gasteiger partial charge on any atom is 0.208 e. The third-order valence-corrected chi connectivity index (χ3v) is 6.11. The van der Waals surface area contributed by atoms with Crippen LogP contribution in [0, 0.1) is 20.8 Å². The SMILES string of the molecule is Cc1nc(C)c(Cc2ccc(Cl)cc2)c(N2CCN(c3nnc(C)s3)CC2)n1. The molecule has 1 aromatic carbocycles. The van der Waals surface area contributed by atoms with Crippen molar-refractivity contribution in [3.8, 4) is 0 Å². The van der Waals surface area contributed by atoms with Crippen molar-refractivity contribution in [2.45, 2.75) is 27.2 Å². The van der Waals surface area contributed by atoms with Gasteiger partial charge in [-0.05, 0) is 38.5 Å². The molecule has 2 aromatic heterocycles. The number of halogens is 1. The fourth-order valence-corrected chi connectivity index (χ4v) is 4.38. The van der Waals surface area contributed by atoms with Gasteiger partial charge in [-0.2, -0.15) is 0 Å². The smallest absolute Gasteiger partial charge is 0.208 e. The minimum atomic E-state index is 0.754. The van der Waals surface area contributed by atoms with Crippen LogP contribution >= 0.6 is 22.9 Å². The van der Waals surface area contributed by atoms with E-state index in [0.717, 1.165) is 65.1 Å². The van der Waals surface area contributed by atoms with Gasteiger partial charge >= 0.3 is 0 Å². The Morgan fingerprint density at radius 1 is 0.929 bits per heavy atom. The first-order valence-electron chi connectivity index (χ1n) is 9.38.